The standard InChI is InChI=1S/C16H15BrF3N7/c17-12-8-21-14(15-22-10-23-27(12)15)11-2-1-3-13(24-11)26-6-4-25(5-7-26)9-16(18,19)20/h1-3,8,10H,4-7,9H2. The minimum absolute atomic E-state index is 0.344. The molecule has 0 radical (unpaired) electrons. The van der Waals surface area contributed by atoms with Gasteiger partial charge in [-0.25, -0.2) is 19.5 Å². The van der Waals surface area contributed by atoms with E-state index in [0.29, 0.717) is 53.6 Å². The van der Waals surface area contributed by atoms with Crippen molar-refractivity contribution in [1.82, 2.24) is 29.5 Å². The first-order valence-corrected chi connectivity index (χ1v) is 9.06. The van der Waals surface area contributed by atoms with E-state index in [-0.39, 0.29) is 0 Å². The predicted octanol–water partition coefficient (Wildman–Crippen LogP) is 2.63. The van der Waals surface area contributed by atoms with Crippen LogP contribution in [0.5, 0.6) is 0 Å². The number of aromatic nitrogens is 5. The second-order valence-electron chi connectivity index (χ2n) is 6.18. The molecule has 0 spiro atoms. The summed E-state index contributed by atoms with van der Waals surface area (Å²) in [6.45, 7) is 0.788. The summed E-state index contributed by atoms with van der Waals surface area (Å²) >= 11 is 3.37. The van der Waals surface area contributed by atoms with Crippen LogP contribution in [-0.2, 0) is 0 Å². The SMILES string of the molecule is FC(F)(F)CN1CCN(c2cccc(-c3ncc(Br)n4ncnc34)n2)CC1. The van der Waals surface area contributed by atoms with Gasteiger partial charge in [0.2, 0.25) is 0 Å². The van der Waals surface area contributed by atoms with E-state index in [2.05, 4.69) is 36.0 Å². The smallest absolute Gasteiger partial charge is 0.354 e. The zero-order valence-electron chi connectivity index (χ0n) is 14.1. The van der Waals surface area contributed by atoms with Gasteiger partial charge < -0.3 is 4.90 Å². The number of alkyl halides is 3. The van der Waals surface area contributed by atoms with Gasteiger partial charge in [0, 0.05) is 26.2 Å². The molecular formula is C16H15BrF3N7. The molecule has 0 unspecified atom stereocenters. The number of anilines is 1. The second-order valence-corrected chi connectivity index (χ2v) is 7.00. The Morgan fingerprint density at radius 3 is 2.59 bits per heavy atom. The molecule has 4 rings (SSSR count). The predicted molar refractivity (Wildman–Crippen MR) is 96.4 cm³/mol. The quantitative estimate of drug-likeness (QED) is 0.622. The van der Waals surface area contributed by atoms with E-state index in [0.717, 1.165) is 0 Å². The van der Waals surface area contributed by atoms with Crippen LogP contribution in [0, 0.1) is 0 Å². The van der Waals surface area contributed by atoms with Gasteiger partial charge in [-0.2, -0.15) is 18.3 Å². The fraction of sp³-hybridized carbons (Fsp3) is 0.375. The molecule has 27 heavy (non-hydrogen) atoms. The highest BCUT2D eigenvalue weighted by Crippen LogP contribution is 2.25. The van der Waals surface area contributed by atoms with E-state index in [1.165, 1.54) is 11.2 Å². The molecule has 3 aromatic rings. The Labute approximate surface area is 161 Å². The molecule has 142 valence electrons. The van der Waals surface area contributed by atoms with E-state index in [4.69, 9.17) is 0 Å². The highest BCUT2D eigenvalue weighted by molar-refractivity contribution is 9.10. The van der Waals surface area contributed by atoms with E-state index >= 15 is 0 Å². The molecule has 1 aliphatic rings. The van der Waals surface area contributed by atoms with Crippen LogP contribution in [-0.4, -0.2) is 68.4 Å². The van der Waals surface area contributed by atoms with E-state index in [1.807, 2.05) is 23.1 Å². The first-order valence-electron chi connectivity index (χ1n) is 8.26. The first kappa shape index (κ1) is 18.1. The highest BCUT2D eigenvalue weighted by Gasteiger charge is 2.32. The van der Waals surface area contributed by atoms with Gasteiger partial charge in [0.25, 0.3) is 0 Å². The third-order valence-corrected chi connectivity index (χ3v) is 4.88. The van der Waals surface area contributed by atoms with Crippen molar-refractivity contribution in [2.45, 2.75) is 6.18 Å². The number of piperazine rings is 1. The minimum Gasteiger partial charge on any atom is -0.354 e. The average Bonchev–Trinajstić information content (AvgIpc) is 3.12. The van der Waals surface area contributed by atoms with Gasteiger partial charge >= 0.3 is 6.18 Å². The largest absolute Gasteiger partial charge is 0.401 e. The van der Waals surface area contributed by atoms with E-state index in [1.54, 1.807) is 10.7 Å². The van der Waals surface area contributed by atoms with Gasteiger partial charge in [-0.15, -0.1) is 0 Å². The molecule has 1 saturated heterocycles. The number of nitrogens with zero attached hydrogens (tertiary/aromatic N) is 7. The minimum atomic E-state index is -4.17. The van der Waals surface area contributed by atoms with Gasteiger partial charge in [-0.1, -0.05) is 6.07 Å². The Morgan fingerprint density at radius 2 is 1.85 bits per heavy atom. The maximum absolute atomic E-state index is 12.5. The van der Waals surface area contributed by atoms with Crippen molar-refractivity contribution in [3.8, 4) is 11.4 Å². The van der Waals surface area contributed by atoms with Crippen molar-refractivity contribution in [3.05, 3.63) is 35.3 Å². The van der Waals surface area contributed by atoms with Gasteiger partial charge in [0.05, 0.1) is 18.4 Å². The van der Waals surface area contributed by atoms with Crippen LogP contribution in [0.4, 0.5) is 19.0 Å². The average molecular weight is 442 g/mol. The number of hydrogen-bond donors (Lipinski definition) is 0. The molecule has 0 N–H and O–H groups in total. The summed E-state index contributed by atoms with van der Waals surface area (Å²) in [5.41, 5.74) is 1.80. The number of pyridine rings is 1. The van der Waals surface area contributed by atoms with E-state index < -0.39 is 12.7 Å². The first-order chi connectivity index (χ1) is 12.9. The molecule has 4 heterocycles. The molecular weight excluding hydrogens is 427 g/mol. The van der Waals surface area contributed by atoms with Crippen LogP contribution >= 0.6 is 15.9 Å². The summed E-state index contributed by atoms with van der Waals surface area (Å²) in [5.74, 6) is 0.710. The Balaban J connectivity index is 1.55. The van der Waals surface area contributed by atoms with Gasteiger partial charge in [0.1, 0.15) is 22.4 Å². The van der Waals surface area contributed by atoms with Crippen LogP contribution < -0.4 is 4.90 Å². The molecule has 0 saturated carbocycles. The van der Waals surface area contributed by atoms with Crippen LogP contribution in [0.25, 0.3) is 17.0 Å². The van der Waals surface area contributed by atoms with Crippen LogP contribution in [0.1, 0.15) is 0 Å². The summed E-state index contributed by atoms with van der Waals surface area (Å²) in [7, 11) is 0. The lowest BCUT2D eigenvalue weighted by Crippen LogP contribution is -2.49. The Kier molecular flexibility index (Phi) is 4.72. The molecule has 7 nitrogen and oxygen atoms in total. The highest BCUT2D eigenvalue weighted by atomic mass is 79.9. The molecule has 0 atom stereocenters. The number of hydrogen-bond acceptors (Lipinski definition) is 6. The number of rotatable bonds is 3. The van der Waals surface area contributed by atoms with Crippen molar-refractivity contribution in [2.75, 3.05) is 37.6 Å². The van der Waals surface area contributed by atoms with Gasteiger partial charge in [0.15, 0.2) is 5.65 Å². The fourth-order valence-corrected chi connectivity index (χ4v) is 3.45. The third-order valence-electron chi connectivity index (χ3n) is 4.34. The van der Waals surface area contributed by atoms with Crippen LogP contribution in [0.3, 0.4) is 0 Å². The molecule has 0 aromatic carbocycles. The normalized spacial score (nSPS) is 16.2. The van der Waals surface area contributed by atoms with Gasteiger partial charge in [-0.05, 0) is 28.1 Å². The second kappa shape index (κ2) is 7.04. The summed E-state index contributed by atoms with van der Waals surface area (Å²) in [5, 5.41) is 4.14. The summed E-state index contributed by atoms with van der Waals surface area (Å²) < 4.78 is 39.9. The van der Waals surface area contributed by atoms with Crippen LogP contribution in [0.15, 0.2) is 35.3 Å². The summed E-state index contributed by atoms with van der Waals surface area (Å²) in [6.07, 6.45) is -1.10. The zero-order chi connectivity index (χ0) is 19.0. The fourth-order valence-electron chi connectivity index (χ4n) is 3.09. The molecule has 0 aliphatic carbocycles. The lowest BCUT2D eigenvalue weighted by atomic mass is 10.2. The topological polar surface area (TPSA) is 62.5 Å². The molecule has 11 heteroatoms. The Bertz CT molecular complexity index is 951. The molecule has 0 amide bonds. The lowest BCUT2D eigenvalue weighted by Gasteiger charge is -2.35. The summed E-state index contributed by atoms with van der Waals surface area (Å²) in [6, 6.07) is 5.54. The van der Waals surface area contributed by atoms with Crippen molar-refractivity contribution in [1.29, 1.82) is 0 Å². The van der Waals surface area contributed by atoms with Crippen molar-refractivity contribution in [3.63, 3.8) is 0 Å². The third kappa shape index (κ3) is 3.88. The summed E-state index contributed by atoms with van der Waals surface area (Å²) in [4.78, 5) is 16.7. The van der Waals surface area contributed by atoms with Crippen molar-refractivity contribution >= 4 is 27.4 Å². The van der Waals surface area contributed by atoms with Crippen molar-refractivity contribution < 1.29 is 13.2 Å². The van der Waals surface area contributed by atoms with Crippen LogP contribution in [0.2, 0.25) is 0 Å². The lowest BCUT2D eigenvalue weighted by molar-refractivity contribution is -0.146. The molecule has 1 fully saturated rings. The molecule has 3 aromatic heterocycles. The van der Waals surface area contributed by atoms with E-state index in [9.17, 15) is 13.2 Å². The maximum Gasteiger partial charge on any atom is 0.401 e. The van der Waals surface area contributed by atoms with Crippen molar-refractivity contribution in [2.24, 2.45) is 0 Å². The van der Waals surface area contributed by atoms with Gasteiger partial charge in [-0.3, -0.25) is 4.90 Å². The number of halogens is 4. The molecule has 1 aliphatic heterocycles. The number of fused-ring (bicyclic) bond motifs is 1. The Hall–Kier alpha value is -2.27. The maximum atomic E-state index is 12.5. The molecule has 0 bridgehead atoms. The zero-order valence-corrected chi connectivity index (χ0v) is 15.7. The Morgan fingerprint density at radius 1 is 1.07 bits per heavy atom. The monoisotopic (exact) mass is 441 g/mol.